The highest BCUT2D eigenvalue weighted by Gasteiger charge is 2.39. The van der Waals surface area contributed by atoms with Crippen LogP contribution in [0.15, 0.2) is 0 Å². The number of likely N-dealkylation sites (N-methyl/N-ethyl adjacent to an activating group) is 1. The van der Waals surface area contributed by atoms with Gasteiger partial charge in [-0.25, -0.2) is 0 Å². The molecule has 92 valence electrons. The first-order valence-corrected chi connectivity index (χ1v) is 5.70. The van der Waals surface area contributed by atoms with Gasteiger partial charge in [0.1, 0.15) is 6.54 Å². The van der Waals surface area contributed by atoms with Gasteiger partial charge in [-0.05, 0) is 25.8 Å². The molecular weight excluding hydrogens is 208 g/mol. The summed E-state index contributed by atoms with van der Waals surface area (Å²) in [5.74, 6) is -1.02. The van der Waals surface area contributed by atoms with Crippen LogP contribution in [0.2, 0.25) is 0 Å². The molecule has 1 aliphatic rings. The summed E-state index contributed by atoms with van der Waals surface area (Å²) in [6, 6.07) is 0. The van der Waals surface area contributed by atoms with Crippen molar-refractivity contribution < 1.29 is 14.7 Å². The molecule has 0 spiro atoms. The Labute approximate surface area is 95.8 Å². The first kappa shape index (κ1) is 13.0. The lowest BCUT2D eigenvalue weighted by molar-refractivity contribution is -0.149. The fraction of sp³-hybridized carbons (Fsp3) is 0.818. The number of rotatable bonds is 4. The Morgan fingerprint density at radius 3 is 2.62 bits per heavy atom. The lowest BCUT2D eigenvalue weighted by Crippen LogP contribution is -2.51. The summed E-state index contributed by atoms with van der Waals surface area (Å²) in [7, 11) is 1.56. The van der Waals surface area contributed by atoms with Crippen molar-refractivity contribution in [2.24, 2.45) is 5.41 Å². The minimum absolute atomic E-state index is 0.0513. The fourth-order valence-corrected chi connectivity index (χ4v) is 2.28. The number of carboxylic acid groups (broad SMARTS) is 1. The van der Waals surface area contributed by atoms with Crippen molar-refractivity contribution in [2.45, 2.75) is 26.2 Å². The molecule has 0 bridgehead atoms. The van der Waals surface area contributed by atoms with Gasteiger partial charge in [-0.15, -0.1) is 0 Å². The van der Waals surface area contributed by atoms with Gasteiger partial charge in [0.05, 0.1) is 5.41 Å². The maximum atomic E-state index is 12.2. The molecule has 0 aromatic carbocycles. The minimum Gasteiger partial charge on any atom is -0.480 e. The smallest absolute Gasteiger partial charge is 0.323 e. The minimum atomic E-state index is -0.967. The predicted molar refractivity (Wildman–Crippen MR) is 60.1 cm³/mol. The first-order chi connectivity index (χ1) is 7.52. The number of piperidine rings is 1. The second kappa shape index (κ2) is 5.30. The number of nitrogens with zero attached hydrogens (tertiary/aromatic N) is 1. The molecule has 1 rings (SSSR count). The summed E-state index contributed by atoms with van der Waals surface area (Å²) in [4.78, 5) is 24.1. The molecule has 2 N–H and O–H groups in total. The molecule has 0 aliphatic carbocycles. The zero-order chi connectivity index (χ0) is 12.2. The molecule has 1 unspecified atom stereocenters. The second-order valence-corrected chi connectivity index (χ2v) is 4.47. The summed E-state index contributed by atoms with van der Waals surface area (Å²) >= 11 is 0. The van der Waals surface area contributed by atoms with Crippen LogP contribution in [0.5, 0.6) is 0 Å². The Bertz CT molecular complexity index is 272. The maximum Gasteiger partial charge on any atom is 0.323 e. The molecule has 1 saturated heterocycles. The van der Waals surface area contributed by atoms with E-state index in [1.807, 2.05) is 6.92 Å². The Balaban J connectivity index is 2.71. The van der Waals surface area contributed by atoms with Crippen molar-refractivity contribution >= 4 is 11.9 Å². The van der Waals surface area contributed by atoms with Crippen molar-refractivity contribution in [3.63, 3.8) is 0 Å². The van der Waals surface area contributed by atoms with Gasteiger partial charge in [0.25, 0.3) is 0 Å². The lowest BCUT2D eigenvalue weighted by atomic mass is 9.77. The second-order valence-electron chi connectivity index (χ2n) is 4.47. The van der Waals surface area contributed by atoms with Crippen molar-refractivity contribution in [2.75, 3.05) is 26.7 Å². The molecule has 5 heteroatoms. The van der Waals surface area contributed by atoms with Crippen LogP contribution in [0.1, 0.15) is 26.2 Å². The van der Waals surface area contributed by atoms with Crippen molar-refractivity contribution in [1.29, 1.82) is 0 Å². The summed E-state index contributed by atoms with van der Waals surface area (Å²) < 4.78 is 0. The highest BCUT2D eigenvalue weighted by molar-refractivity contribution is 5.86. The highest BCUT2D eigenvalue weighted by atomic mass is 16.4. The quantitative estimate of drug-likeness (QED) is 0.726. The van der Waals surface area contributed by atoms with Crippen LogP contribution in [0.3, 0.4) is 0 Å². The van der Waals surface area contributed by atoms with E-state index < -0.39 is 11.4 Å². The van der Waals surface area contributed by atoms with E-state index in [2.05, 4.69) is 5.32 Å². The van der Waals surface area contributed by atoms with E-state index in [4.69, 9.17) is 5.11 Å². The summed E-state index contributed by atoms with van der Waals surface area (Å²) in [5, 5.41) is 11.9. The molecule has 1 aliphatic heterocycles. The number of nitrogens with one attached hydrogen (secondary N) is 1. The molecule has 0 aromatic heterocycles. The number of carbonyl (C=O) groups is 2. The van der Waals surface area contributed by atoms with E-state index in [0.717, 1.165) is 25.8 Å². The molecule has 1 heterocycles. The van der Waals surface area contributed by atoms with Gasteiger partial charge in [-0.3, -0.25) is 9.59 Å². The molecule has 1 fully saturated rings. The lowest BCUT2D eigenvalue weighted by Gasteiger charge is -2.38. The zero-order valence-corrected chi connectivity index (χ0v) is 9.95. The predicted octanol–water partition coefficient (Wildman–Crippen LogP) is 0.309. The average Bonchev–Trinajstić information content (AvgIpc) is 2.28. The standard InChI is InChI=1S/C11H20N2O3/c1-3-11(5-4-6-12-8-11)10(16)13(2)7-9(14)15/h12H,3-8H2,1-2H3,(H,14,15). The molecular formula is C11H20N2O3. The molecule has 16 heavy (non-hydrogen) atoms. The number of amides is 1. The molecule has 0 saturated carbocycles. The number of carboxylic acids is 1. The molecule has 0 aromatic rings. The largest absolute Gasteiger partial charge is 0.480 e. The maximum absolute atomic E-state index is 12.2. The third kappa shape index (κ3) is 2.72. The summed E-state index contributed by atoms with van der Waals surface area (Å²) in [6.07, 6.45) is 2.57. The Kier molecular flexibility index (Phi) is 4.29. The number of hydrogen-bond donors (Lipinski definition) is 2. The van der Waals surface area contributed by atoms with Crippen LogP contribution >= 0.6 is 0 Å². The van der Waals surface area contributed by atoms with E-state index in [-0.39, 0.29) is 12.5 Å². The third-order valence-electron chi connectivity index (χ3n) is 3.32. The molecule has 1 amide bonds. The molecule has 1 atom stereocenters. The van der Waals surface area contributed by atoms with E-state index in [1.165, 1.54) is 4.90 Å². The van der Waals surface area contributed by atoms with Crippen LogP contribution < -0.4 is 5.32 Å². The van der Waals surface area contributed by atoms with Gasteiger partial charge < -0.3 is 15.3 Å². The van der Waals surface area contributed by atoms with E-state index in [9.17, 15) is 9.59 Å². The first-order valence-electron chi connectivity index (χ1n) is 5.70. The van der Waals surface area contributed by atoms with Gasteiger partial charge in [0.15, 0.2) is 0 Å². The summed E-state index contributed by atoms with van der Waals surface area (Å²) in [6.45, 7) is 3.37. The third-order valence-corrected chi connectivity index (χ3v) is 3.32. The number of hydrogen-bond acceptors (Lipinski definition) is 3. The van der Waals surface area contributed by atoms with Crippen LogP contribution in [0.4, 0.5) is 0 Å². The van der Waals surface area contributed by atoms with Crippen LogP contribution in [0, 0.1) is 5.41 Å². The summed E-state index contributed by atoms with van der Waals surface area (Å²) in [5.41, 5.74) is -0.400. The zero-order valence-electron chi connectivity index (χ0n) is 9.95. The van der Waals surface area contributed by atoms with Crippen molar-refractivity contribution in [3.8, 4) is 0 Å². The van der Waals surface area contributed by atoms with Crippen LogP contribution in [0.25, 0.3) is 0 Å². The van der Waals surface area contributed by atoms with Gasteiger partial charge in [0, 0.05) is 13.6 Å². The number of carbonyl (C=O) groups excluding carboxylic acids is 1. The van der Waals surface area contributed by atoms with Gasteiger partial charge in [-0.1, -0.05) is 6.92 Å². The SMILES string of the molecule is CCC1(C(=O)N(C)CC(=O)O)CCCNC1. The van der Waals surface area contributed by atoms with Gasteiger partial charge in [-0.2, -0.15) is 0 Å². The average molecular weight is 228 g/mol. The van der Waals surface area contributed by atoms with Crippen molar-refractivity contribution in [3.05, 3.63) is 0 Å². The molecule has 5 nitrogen and oxygen atoms in total. The van der Waals surface area contributed by atoms with Crippen molar-refractivity contribution in [1.82, 2.24) is 10.2 Å². The normalized spacial score (nSPS) is 25.1. The topological polar surface area (TPSA) is 69.6 Å². The fourth-order valence-electron chi connectivity index (χ4n) is 2.28. The van der Waals surface area contributed by atoms with E-state index >= 15 is 0 Å². The Hall–Kier alpha value is -1.10. The van der Waals surface area contributed by atoms with Gasteiger partial charge >= 0.3 is 5.97 Å². The Morgan fingerprint density at radius 2 is 2.19 bits per heavy atom. The Morgan fingerprint density at radius 1 is 1.50 bits per heavy atom. The van der Waals surface area contributed by atoms with Crippen LogP contribution in [-0.2, 0) is 9.59 Å². The van der Waals surface area contributed by atoms with Gasteiger partial charge in [0.2, 0.25) is 5.91 Å². The highest BCUT2D eigenvalue weighted by Crippen LogP contribution is 2.31. The molecule has 0 radical (unpaired) electrons. The van der Waals surface area contributed by atoms with Crippen LogP contribution in [-0.4, -0.2) is 48.6 Å². The van der Waals surface area contributed by atoms with E-state index in [0.29, 0.717) is 6.54 Å². The monoisotopic (exact) mass is 228 g/mol. The number of aliphatic carboxylic acids is 1. The van der Waals surface area contributed by atoms with E-state index in [1.54, 1.807) is 7.05 Å².